The summed E-state index contributed by atoms with van der Waals surface area (Å²) in [6.45, 7) is 4.30. The van der Waals surface area contributed by atoms with E-state index in [1.807, 2.05) is 0 Å². The van der Waals surface area contributed by atoms with Gasteiger partial charge in [0.15, 0.2) is 0 Å². The van der Waals surface area contributed by atoms with E-state index in [1.54, 1.807) is 0 Å². The quantitative estimate of drug-likeness (QED) is 0.661. The van der Waals surface area contributed by atoms with Gasteiger partial charge in [0, 0.05) is 0 Å². The summed E-state index contributed by atoms with van der Waals surface area (Å²) in [6, 6.07) is 15.0. The van der Waals surface area contributed by atoms with Crippen LogP contribution >= 0.6 is 0 Å². The topological polar surface area (TPSA) is 12.4 Å². The van der Waals surface area contributed by atoms with Crippen molar-refractivity contribution in [3.05, 3.63) is 48.0 Å². The third-order valence-electron chi connectivity index (χ3n) is 2.94. The van der Waals surface area contributed by atoms with E-state index in [9.17, 15) is 0 Å². The summed E-state index contributed by atoms with van der Waals surface area (Å²) in [5, 5.41) is 2.58. The summed E-state index contributed by atoms with van der Waals surface area (Å²) in [7, 11) is 0. The first-order chi connectivity index (χ1) is 7.17. The molecule has 0 aromatic heterocycles. The zero-order valence-electron chi connectivity index (χ0n) is 8.99. The van der Waals surface area contributed by atoms with Crippen molar-refractivity contribution >= 4 is 16.5 Å². The molecule has 1 nitrogen and oxygen atoms in total. The van der Waals surface area contributed by atoms with E-state index in [2.05, 4.69) is 61.3 Å². The Morgan fingerprint density at radius 3 is 2.27 bits per heavy atom. The lowest BCUT2D eigenvalue weighted by Crippen LogP contribution is -2.08. The van der Waals surface area contributed by atoms with Crippen LogP contribution in [0.5, 0.6) is 0 Å². The van der Waals surface area contributed by atoms with Crippen molar-refractivity contribution in [2.45, 2.75) is 19.4 Å². The minimum Gasteiger partial charge on any atom is -0.274 e. The number of hydrogen-bond donors (Lipinski definition) is 0. The molecule has 3 rings (SSSR count). The fourth-order valence-electron chi connectivity index (χ4n) is 2.01. The van der Waals surface area contributed by atoms with Crippen molar-refractivity contribution in [3.8, 4) is 0 Å². The lowest BCUT2D eigenvalue weighted by Gasteiger charge is -2.02. The molecule has 2 aromatic rings. The van der Waals surface area contributed by atoms with Crippen molar-refractivity contribution in [3.63, 3.8) is 0 Å². The van der Waals surface area contributed by atoms with E-state index >= 15 is 0 Å². The first-order valence-corrected chi connectivity index (χ1v) is 5.26. The van der Waals surface area contributed by atoms with Gasteiger partial charge in [0.05, 0.1) is 11.3 Å². The molecule has 2 aromatic carbocycles. The zero-order chi connectivity index (χ0) is 10.5. The second-order valence-corrected chi connectivity index (χ2v) is 4.58. The highest BCUT2D eigenvalue weighted by molar-refractivity contribution is 6.17. The van der Waals surface area contributed by atoms with E-state index in [-0.39, 0.29) is 5.54 Å². The van der Waals surface area contributed by atoms with Crippen LogP contribution in [0.25, 0.3) is 10.8 Å². The molecule has 1 heterocycles. The molecule has 0 spiro atoms. The summed E-state index contributed by atoms with van der Waals surface area (Å²) in [4.78, 5) is 4.48. The van der Waals surface area contributed by atoms with Gasteiger partial charge in [-0.05, 0) is 36.2 Å². The Labute approximate surface area is 89.5 Å². The van der Waals surface area contributed by atoms with Crippen LogP contribution in [0.1, 0.15) is 19.4 Å². The molecule has 0 N–H and O–H groups in total. The van der Waals surface area contributed by atoms with Gasteiger partial charge >= 0.3 is 0 Å². The lowest BCUT2D eigenvalue weighted by atomic mass is 9.99. The standard InChI is InChI=1S/C14H13N/c1-14(2)13(15-14)12-8-7-10-5-3-4-6-11(10)9-12/h3-9H,1-2H3. The number of rotatable bonds is 1. The molecule has 74 valence electrons. The molecule has 0 saturated heterocycles. The Morgan fingerprint density at radius 1 is 0.933 bits per heavy atom. The zero-order valence-corrected chi connectivity index (χ0v) is 8.99. The molecule has 0 saturated carbocycles. The van der Waals surface area contributed by atoms with Crippen LogP contribution in [0, 0.1) is 0 Å². The molecule has 0 unspecified atom stereocenters. The fourth-order valence-corrected chi connectivity index (χ4v) is 2.01. The van der Waals surface area contributed by atoms with Gasteiger partial charge in [0.1, 0.15) is 0 Å². The van der Waals surface area contributed by atoms with Gasteiger partial charge in [-0.3, -0.25) is 4.99 Å². The van der Waals surface area contributed by atoms with Gasteiger partial charge in [-0.25, -0.2) is 0 Å². The molecule has 1 aliphatic heterocycles. The van der Waals surface area contributed by atoms with Crippen LogP contribution in [0.2, 0.25) is 0 Å². The Morgan fingerprint density at radius 2 is 1.60 bits per heavy atom. The van der Waals surface area contributed by atoms with Gasteiger partial charge in [0.25, 0.3) is 0 Å². The van der Waals surface area contributed by atoms with Gasteiger partial charge < -0.3 is 0 Å². The molecule has 1 heteroatoms. The monoisotopic (exact) mass is 195 g/mol. The molecule has 0 fully saturated rings. The molecule has 15 heavy (non-hydrogen) atoms. The summed E-state index contributed by atoms with van der Waals surface area (Å²) in [5.41, 5.74) is 2.56. The Bertz CT molecular complexity index is 564. The average molecular weight is 195 g/mol. The largest absolute Gasteiger partial charge is 0.274 e. The van der Waals surface area contributed by atoms with Crippen LogP contribution in [0.15, 0.2) is 47.5 Å². The molecule has 0 radical (unpaired) electrons. The highest BCUT2D eigenvalue weighted by Gasteiger charge is 2.37. The van der Waals surface area contributed by atoms with Gasteiger partial charge in [-0.15, -0.1) is 0 Å². The fraction of sp³-hybridized carbons (Fsp3) is 0.214. The predicted molar refractivity (Wildman–Crippen MR) is 64.6 cm³/mol. The lowest BCUT2D eigenvalue weighted by molar-refractivity contribution is 0.825. The summed E-state index contributed by atoms with van der Waals surface area (Å²) in [5.74, 6) is 0. The van der Waals surface area contributed by atoms with Crippen LogP contribution in [-0.2, 0) is 0 Å². The molecule has 0 atom stereocenters. The summed E-state index contributed by atoms with van der Waals surface area (Å²) in [6.07, 6.45) is 0. The average Bonchev–Trinajstić information content (AvgIpc) is 2.87. The van der Waals surface area contributed by atoms with E-state index in [0.29, 0.717) is 0 Å². The van der Waals surface area contributed by atoms with Crippen molar-refractivity contribution in [2.75, 3.05) is 0 Å². The first-order valence-electron chi connectivity index (χ1n) is 5.26. The maximum absolute atomic E-state index is 4.48. The molecule has 0 amide bonds. The Kier molecular flexibility index (Phi) is 1.55. The van der Waals surface area contributed by atoms with Crippen LogP contribution in [0.3, 0.4) is 0 Å². The smallest absolute Gasteiger partial charge is 0.0976 e. The van der Waals surface area contributed by atoms with Crippen LogP contribution in [-0.4, -0.2) is 11.3 Å². The summed E-state index contributed by atoms with van der Waals surface area (Å²) >= 11 is 0. The minimum absolute atomic E-state index is 0.0719. The predicted octanol–water partition coefficient (Wildman–Crippen LogP) is 3.42. The SMILES string of the molecule is CC1(C)N=C1c1ccc2ccccc2c1. The molecule has 0 aliphatic carbocycles. The normalized spacial score (nSPS) is 17.6. The molecular formula is C14H13N. The maximum atomic E-state index is 4.48. The third-order valence-corrected chi connectivity index (χ3v) is 2.94. The van der Waals surface area contributed by atoms with Crippen molar-refractivity contribution in [1.82, 2.24) is 0 Å². The minimum atomic E-state index is 0.0719. The Balaban J connectivity index is 2.12. The molecule has 1 aliphatic rings. The van der Waals surface area contributed by atoms with E-state index in [1.165, 1.54) is 22.0 Å². The van der Waals surface area contributed by atoms with Crippen LogP contribution in [0.4, 0.5) is 0 Å². The van der Waals surface area contributed by atoms with Crippen molar-refractivity contribution < 1.29 is 0 Å². The number of benzene rings is 2. The highest BCUT2D eigenvalue weighted by Crippen LogP contribution is 2.32. The van der Waals surface area contributed by atoms with Gasteiger partial charge in [-0.2, -0.15) is 0 Å². The van der Waals surface area contributed by atoms with Gasteiger partial charge in [0.2, 0.25) is 0 Å². The highest BCUT2D eigenvalue weighted by atomic mass is 15.0. The molecule has 0 bridgehead atoms. The van der Waals surface area contributed by atoms with E-state index in [4.69, 9.17) is 0 Å². The number of aliphatic imine (C=N–C) groups is 1. The van der Waals surface area contributed by atoms with E-state index in [0.717, 1.165) is 0 Å². The molecular weight excluding hydrogens is 182 g/mol. The van der Waals surface area contributed by atoms with Gasteiger partial charge in [-0.1, -0.05) is 36.4 Å². The maximum Gasteiger partial charge on any atom is 0.0976 e. The van der Waals surface area contributed by atoms with Crippen molar-refractivity contribution in [2.24, 2.45) is 4.99 Å². The van der Waals surface area contributed by atoms with Crippen LogP contribution < -0.4 is 0 Å². The number of nitrogens with zero attached hydrogens (tertiary/aromatic N) is 1. The summed E-state index contributed by atoms with van der Waals surface area (Å²) < 4.78 is 0. The third kappa shape index (κ3) is 1.35. The Hall–Kier alpha value is -1.63. The number of fused-ring (bicyclic) bond motifs is 1. The van der Waals surface area contributed by atoms with E-state index < -0.39 is 0 Å². The second kappa shape index (κ2) is 2.69. The number of hydrogen-bond acceptors (Lipinski definition) is 1. The first kappa shape index (κ1) is 8.66. The second-order valence-electron chi connectivity index (χ2n) is 4.58. The van der Waals surface area contributed by atoms with Crippen molar-refractivity contribution in [1.29, 1.82) is 0 Å².